The fraction of sp³-hybridized carbons (Fsp3) is 0.391. The highest BCUT2D eigenvalue weighted by molar-refractivity contribution is 7.91. The van der Waals surface area contributed by atoms with Crippen LogP contribution in [0.5, 0.6) is 5.75 Å². The Morgan fingerprint density at radius 3 is 2.63 bits per heavy atom. The van der Waals surface area contributed by atoms with E-state index in [4.69, 9.17) is 4.74 Å². The maximum Gasteiger partial charge on any atom is 0.206 e. The van der Waals surface area contributed by atoms with Crippen LogP contribution in [0.2, 0.25) is 0 Å². The summed E-state index contributed by atoms with van der Waals surface area (Å²) in [6.07, 6.45) is 4.11. The molecule has 1 aromatic heterocycles. The molecule has 160 valence electrons. The number of aryl methyl sites for hydroxylation is 1. The second-order valence-corrected chi connectivity index (χ2v) is 10.0. The topological polar surface area (TPSA) is 60.3 Å². The summed E-state index contributed by atoms with van der Waals surface area (Å²) >= 11 is 0. The number of hydrogen-bond acceptors (Lipinski definition) is 4. The molecule has 5 nitrogen and oxygen atoms in total. The molecule has 1 N–H and O–H groups in total. The van der Waals surface area contributed by atoms with Gasteiger partial charge in [0.2, 0.25) is 9.84 Å². The highest BCUT2D eigenvalue weighted by Gasteiger charge is 2.37. The first-order chi connectivity index (χ1) is 14.0. The minimum atomic E-state index is -3.62. The first kappa shape index (κ1) is 21.2. The van der Waals surface area contributed by atoms with Crippen molar-refractivity contribution in [2.75, 3.05) is 6.61 Å². The largest absolute Gasteiger partial charge is 0.491 e. The number of sulfone groups is 1. The smallest absolute Gasteiger partial charge is 0.206 e. The van der Waals surface area contributed by atoms with Crippen LogP contribution < -0.4 is 10.1 Å². The zero-order valence-electron chi connectivity index (χ0n) is 17.2. The predicted octanol–water partition coefficient (Wildman–Crippen LogP) is 4.57. The Bertz CT molecular complexity index is 1190. The Balaban J connectivity index is 0.00000218. The van der Waals surface area contributed by atoms with E-state index in [-0.39, 0.29) is 12.4 Å². The number of benzene rings is 2. The first-order valence-electron chi connectivity index (χ1n) is 10.3. The van der Waals surface area contributed by atoms with Crippen molar-refractivity contribution in [3.05, 3.63) is 53.7 Å². The van der Waals surface area contributed by atoms with Crippen molar-refractivity contribution in [3.63, 3.8) is 0 Å². The van der Waals surface area contributed by atoms with Gasteiger partial charge in [-0.3, -0.25) is 0 Å². The number of nitrogens with zero attached hydrogens (tertiary/aromatic N) is 1. The van der Waals surface area contributed by atoms with Gasteiger partial charge in [0.15, 0.2) is 0 Å². The zero-order chi connectivity index (χ0) is 20.2. The second kappa shape index (κ2) is 7.91. The lowest BCUT2D eigenvalue weighted by molar-refractivity contribution is 0.319. The lowest BCUT2D eigenvalue weighted by Crippen LogP contribution is -2.32. The molecule has 0 saturated carbocycles. The first-order valence-corrected chi connectivity index (χ1v) is 11.8. The van der Waals surface area contributed by atoms with Crippen LogP contribution in [0.15, 0.2) is 52.3 Å². The van der Waals surface area contributed by atoms with Crippen molar-refractivity contribution in [2.24, 2.45) is 7.05 Å². The number of nitrogens with one attached hydrogen (secondary N) is 1. The summed E-state index contributed by atoms with van der Waals surface area (Å²) in [4.78, 5) is 0.612. The van der Waals surface area contributed by atoms with E-state index >= 15 is 0 Å². The molecule has 2 unspecified atom stereocenters. The van der Waals surface area contributed by atoms with Gasteiger partial charge in [0.25, 0.3) is 0 Å². The number of aromatic nitrogens is 1. The molecule has 0 radical (unpaired) electrons. The molecule has 1 fully saturated rings. The Labute approximate surface area is 183 Å². The zero-order valence-corrected chi connectivity index (χ0v) is 18.9. The standard InChI is InChI=1S/C23H26N2O3S.ClH/c1-3-11-28-21-14-17(29(26,27)16-7-5-4-6-8-16)13-18-22-19-10-9-15(24-19)12-20(22)25(2)23(18)21;/h4-8,13-15,19,24H,3,9-12H2,1-2H3;1H. The van der Waals surface area contributed by atoms with E-state index in [0.29, 0.717) is 34.2 Å². The Morgan fingerprint density at radius 2 is 1.90 bits per heavy atom. The van der Waals surface area contributed by atoms with Crippen LogP contribution in [0.4, 0.5) is 0 Å². The second-order valence-electron chi connectivity index (χ2n) is 8.10. The van der Waals surface area contributed by atoms with Gasteiger partial charge in [-0.05, 0) is 43.0 Å². The molecule has 30 heavy (non-hydrogen) atoms. The Morgan fingerprint density at radius 1 is 1.13 bits per heavy atom. The maximum absolute atomic E-state index is 13.4. The van der Waals surface area contributed by atoms with Crippen molar-refractivity contribution in [2.45, 2.75) is 54.5 Å². The fourth-order valence-electron chi connectivity index (χ4n) is 4.89. The minimum absolute atomic E-state index is 0. The van der Waals surface area contributed by atoms with E-state index in [0.717, 1.165) is 30.2 Å². The van der Waals surface area contributed by atoms with Gasteiger partial charge < -0.3 is 14.6 Å². The fourth-order valence-corrected chi connectivity index (χ4v) is 6.22. The van der Waals surface area contributed by atoms with Gasteiger partial charge in [0.1, 0.15) is 5.75 Å². The molecular formula is C23H27ClN2O3S. The van der Waals surface area contributed by atoms with Crippen molar-refractivity contribution >= 4 is 33.1 Å². The molecular weight excluding hydrogens is 420 g/mol. The molecule has 3 heterocycles. The molecule has 0 spiro atoms. The van der Waals surface area contributed by atoms with Gasteiger partial charge in [-0.2, -0.15) is 0 Å². The van der Waals surface area contributed by atoms with Gasteiger partial charge in [-0.15, -0.1) is 12.4 Å². The van der Waals surface area contributed by atoms with Gasteiger partial charge in [-0.25, -0.2) is 8.42 Å². The number of hydrogen-bond donors (Lipinski definition) is 1. The number of ether oxygens (including phenoxy) is 1. The molecule has 3 aromatic rings. The van der Waals surface area contributed by atoms with E-state index in [1.54, 1.807) is 30.3 Å². The van der Waals surface area contributed by atoms with E-state index in [2.05, 4.69) is 23.9 Å². The monoisotopic (exact) mass is 446 g/mol. The third-order valence-electron chi connectivity index (χ3n) is 6.24. The molecule has 7 heteroatoms. The van der Waals surface area contributed by atoms with Crippen molar-refractivity contribution < 1.29 is 13.2 Å². The summed E-state index contributed by atoms with van der Waals surface area (Å²) < 4.78 is 35.0. The van der Waals surface area contributed by atoms with Gasteiger partial charge >= 0.3 is 0 Å². The summed E-state index contributed by atoms with van der Waals surface area (Å²) in [6, 6.07) is 13.0. The van der Waals surface area contributed by atoms with E-state index in [1.165, 1.54) is 17.7 Å². The van der Waals surface area contributed by atoms with E-state index < -0.39 is 9.84 Å². The summed E-state index contributed by atoms with van der Waals surface area (Å²) in [5.74, 6) is 0.659. The van der Waals surface area contributed by atoms with Crippen molar-refractivity contribution in [3.8, 4) is 5.75 Å². The maximum atomic E-state index is 13.4. The Hall–Kier alpha value is -2.02. The molecule has 2 aliphatic heterocycles. The molecule has 2 aromatic carbocycles. The number of halogens is 1. The lowest BCUT2D eigenvalue weighted by atomic mass is 9.99. The van der Waals surface area contributed by atoms with Crippen molar-refractivity contribution in [1.29, 1.82) is 0 Å². The van der Waals surface area contributed by atoms with E-state index in [1.807, 2.05) is 12.1 Å². The summed E-state index contributed by atoms with van der Waals surface area (Å²) in [5, 5.41) is 4.70. The van der Waals surface area contributed by atoms with Crippen LogP contribution in [0.25, 0.3) is 10.9 Å². The minimum Gasteiger partial charge on any atom is -0.491 e. The van der Waals surface area contributed by atoms with Gasteiger partial charge in [0, 0.05) is 42.7 Å². The third-order valence-corrected chi connectivity index (χ3v) is 7.99. The highest BCUT2D eigenvalue weighted by atomic mass is 35.5. The predicted molar refractivity (Wildman–Crippen MR) is 120 cm³/mol. The number of rotatable bonds is 5. The molecule has 0 aliphatic carbocycles. The molecule has 2 aliphatic rings. The van der Waals surface area contributed by atoms with Crippen LogP contribution >= 0.6 is 12.4 Å². The van der Waals surface area contributed by atoms with Crippen LogP contribution in [0.3, 0.4) is 0 Å². The number of fused-ring (bicyclic) bond motifs is 6. The molecule has 2 bridgehead atoms. The van der Waals surface area contributed by atoms with Gasteiger partial charge in [0.05, 0.1) is 21.9 Å². The van der Waals surface area contributed by atoms with Crippen LogP contribution in [0, 0.1) is 0 Å². The highest BCUT2D eigenvalue weighted by Crippen LogP contribution is 2.45. The summed E-state index contributed by atoms with van der Waals surface area (Å²) in [6.45, 7) is 2.62. The molecule has 2 atom stereocenters. The summed E-state index contributed by atoms with van der Waals surface area (Å²) in [7, 11) is -1.54. The third kappa shape index (κ3) is 3.22. The molecule has 1 saturated heterocycles. The normalized spacial score (nSPS) is 20.1. The average Bonchev–Trinajstić information content (AvgIpc) is 3.25. The molecule has 0 amide bonds. The quantitative estimate of drug-likeness (QED) is 0.623. The SMILES string of the molecule is CCCOc1cc(S(=O)(=O)c2ccccc2)cc2c3c(n(C)c12)CC1CCC3N1.Cl. The van der Waals surface area contributed by atoms with Crippen LogP contribution in [-0.2, 0) is 23.3 Å². The summed E-state index contributed by atoms with van der Waals surface area (Å²) in [5.41, 5.74) is 3.56. The molecule has 5 rings (SSSR count). The van der Waals surface area contributed by atoms with Crippen LogP contribution in [-0.4, -0.2) is 25.6 Å². The lowest BCUT2D eigenvalue weighted by Gasteiger charge is -2.23. The average molecular weight is 447 g/mol. The van der Waals surface area contributed by atoms with E-state index in [9.17, 15) is 8.42 Å². The van der Waals surface area contributed by atoms with Crippen LogP contribution in [0.1, 0.15) is 43.5 Å². The Kier molecular flexibility index (Phi) is 5.60. The van der Waals surface area contributed by atoms with Crippen molar-refractivity contribution in [1.82, 2.24) is 9.88 Å². The van der Waals surface area contributed by atoms with Gasteiger partial charge in [-0.1, -0.05) is 25.1 Å².